The zero-order chi connectivity index (χ0) is 15.2. The quantitative estimate of drug-likeness (QED) is 0.454. The van der Waals surface area contributed by atoms with Crippen molar-refractivity contribution in [1.82, 2.24) is 0 Å². The number of benzene rings is 2. The van der Waals surface area contributed by atoms with E-state index in [2.05, 4.69) is 15.9 Å². The molecule has 0 fully saturated rings. The number of nitrogen functional groups attached to an aromatic ring is 1. The fourth-order valence-corrected chi connectivity index (χ4v) is 2.36. The fourth-order valence-electron chi connectivity index (χ4n) is 1.61. The van der Waals surface area contributed by atoms with Crippen LogP contribution in [0.3, 0.4) is 0 Å². The second-order valence-corrected chi connectivity index (χ2v) is 5.58. The lowest BCUT2D eigenvalue weighted by Crippen LogP contribution is -2.05. The first-order chi connectivity index (χ1) is 10.1. The van der Waals surface area contributed by atoms with Crippen LogP contribution in [0.1, 0.15) is 6.42 Å². The smallest absolute Gasteiger partial charge is 0.145 e. The zero-order valence-electron chi connectivity index (χ0n) is 11.1. The van der Waals surface area contributed by atoms with Crippen LogP contribution in [0.15, 0.2) is 40.9 Å². The lowest BCUT2D eigenvalue weighted by atomic mass is 10.3. The number of hydrogen-bond donors (Lipinski definition) is 1. The van der Waals surface area contributed by atoms with E-state index in [4.69, 9.17) is 26.8 Å². The highest BCUT2D eigenvalue weighted by molar-refractivity contribution is 9.10. The molecule has 2 rings (SSSR count). The SMILES string of the molecule is Nc1ccc(OCCCOc2cc(F)c(Cl)cc2Br)cc1. The van der Waals surface area contributed by atoms with Crippen LogP contribution >= 0.6 is 27.5 Å². The molecular formula is C15H14BrClFNO2. The summed E-state index contributed by atoms with van der Waals surface area (Å²) in [6.45, 7) is 0.909. The van der Waals surface area contributed by atoms with Crippen LogP contribution in [0.4, 0.5) is 10.1 Å². The summed E-state index contributed by atoms with van der Waals surface area (Å²) in [7, 11) is 0. The van der Waals surface area contributed by atoms with Crippen LogP contribution in [0.5, 0.6) is 11.5 Å². The first-order valence-electron chi connectivity index (χ1n) is 6.32. The van der Waals surface area contributed by atoms with E-state index in [0.717, 1.165) is 5.75 Å². The van der Waals surface area contributed by atoms with Gasteiger partial charge in [0.25, 0.3) is 0 Å². The molecule has 0 aromatic heterocycles. The maximum Gasteiger partial charge on any atom is 0.145 e. The van der Waals surface area contributed by atoms with E-state index in [-0.39, 0.29) is 5.02 Å². The third kappa shape index (κ3) is 4.79. The monoisotopic (exact) mass is 373 g/mol. The third-order valence-corrected chi connectivity index (χ3v) is 3.58. The van der Waals surface area contributed by atoms with Gasteiger partial charge in [-0.15, -0.1) is 0 Å². The molecule has 0 aliphatic rings. The molecule has 2 N–H and O–H groups in total. The lowest BCUT2D eigenvalue weighted by Gasteiger charge is -2.10. The van der Waals surface area contributed by atoms with Crippen molar-refractivity contribution in [3.05, 3.63) is 51.7 Å². The number of rotatable bonds is 6. The average Bonchev–Trinajstić information content (AvgIpc) is 2.46. The van der Waals surface area contributed by atoms with Gasteiger partial charge in [0, 0.05) is 18.2 Å². The molecular weight excluding hydrogens is 361 g/mol. The Kier molecular flexibility index (Phi) is 5.70. The van der Waals surface area contributed by atoms with E-state index in [1.807, 2.05) is 0 Å². The van der Waals surface area contributed by atoms with E-state index in [1.165, 1.54) is 12.1 Å². The normalized spacial score (nSPS) is 10.4. The van der Waals surface area contributed by atoms with Crippen molar-refractivity contribution in [3.8, 4) is 11.5 Å². The van der Waals surface area contributed by atoms with Gasteiger partial charge in [0.2, 0.25) is 0 Å². The average molecular weight is 375 g/mol. The molecule has 0 spiro atoms. The van der Waals surface area contributed by atoms with Gasteiger partial charge in [-0.25, -0.2) is 4.39 Å². The predicted octanol–water partition coefficient (Wildman–Crippen LogP) is 4.67. The number of hydrogen-bond acceptors (Lipinski definition) is 3. The van der Waals surface area contributed by atoms with Gasteiger partial charge in [-0.3, -0.25) is 0 Å². The molecule has 0 amide bonds. The predicted molar refractivity (Wildman–Crippen MR) is 85.6 cm³/mol. The van der Waals surface area contributed by atoms with E-state index < -0.39 is 5.82 Å². The summed E-state index contributed by atoms with van der Waals surface area (Å²) in [6.07, 6.45) is 0.668. The van der Waals surface area contributed by atoms with Gasteiger partial charge < -0.3 is 15.2 Å². The fraction of sp³-hybridized carbons (Fsp3) is 0.200. The Labute approximate surface area is 135 Å². The summed E-state index contributed by atoms with van der Waals surface area (Å²) >= 11 is 8.93. The summed E-state index contributed by atoms with van der Waals surface area (Å²) in [6, 6.07) is 9.89. The van der Waals surface area contributed by atoms with Crippen LogP contribution in [-0.4, -0.2) is 13.2 Å². The molecule has 112 valence electrons. The Morgan fingerprint density at radius 1 is 1.10 bits per heavy atom. The molecule has 0 radical (unpaired) electrons. The number of anilines is 1. The van der Waals surface area contributed by atoms with Gasteiger partial charge in [-0.2, -0.15) is 0 Å². The molecule has 0 aliphatic heterocycles. The van der Waals surface area contributed by atoms with Gasteiger partial charge in [0.05, 0.1) is 22.7 Å². The molecule has 0 aliphatic carbocycles. The van der Waals surface area contributed by atoms with Crippen LogP contribution in [0.2, 0.25) is 5.02 Å². The lowest BCUT2D eigenvalue weighted by molar-refractivity contribution is 0.246. The Hall–Kier alpha value is -1.46. The van der Waals surface area contributed by atoms with E-state index in [9.17, 15) is 4.39 Å². The highest BCUT2D eigenvalue weighted by Gasteiger charge is 2.07. The van der Waals surface area contributed by atoms with Crippen molar-refractivity contribution in [1.29, 1.82) is 0 Å². The minimum absolute atomic E-state index is 0.0564. The Morgan fingerprint density at radius 3 is 2.48 bits per heavy atom. The molecule has 21 heavy (non-hydrogen) atoms. The zero-order valence-corrected chi connectivity index (χ0v) is 13.5. The third-order valence-electron chi connectivity index (χ3n) is 2.67. The van der Waals surface area contributed by atoms with Crippen molar-refractivity contribution in [2.45, 2.75) is 6.42 Å². The van der Waals surface area contributed by atoms with Crippen molar-refractivity contribution >= 4 is 33.2 Å². The van der Waals surface area contributed by atoms with Gasteiger partial charge in [0.1, 0.15) is 17.3 Å². The Morgan fingerprint density at radius 2 is 1.76 bits per heavy atom. The van der Waals surface area contributed by atoms with Crippen molar-refractivity contribution in [2.75, 3.05) is 18.9 Å². The minimum Gasteiger partial charge on any atom is -0.493 e. The number of halogens is 3. The molecule has 0 saturated heterocycles. The van der Waals surface area contributed by atoms with Gasteiger partial charge in [-0.05, 0) is 46.3 Å². The molecule has 6 heteroatoms. The molecule has 0 unspecified atom stereocenters. The largest absolute Gasteiger partial charge is 0.493 e. The summed E-state index contributed by atoms with van der Waals surface area (Å²) in [5, 5.41) is 0.0564. The maximum atomic E-state index is 13.3. The first kappa shape index (κ1) is 15.9. The van der Waals surface area contributed by atoms with Crippen molar-refractivity contribution < 1.29 is 13.9 Å². The summed E-state index contributed by atoms with van der Waals surface area (Å²) < 4.78 is 25.0. The van der Waals surface area contributed by atoms with Gasteiger partial charge in [-0.1, -0.05) is 11.6 Å². The second-order valence-electron chi connectivity index (χ2n) is 4.32. The summed E-state index contributed by atoms with van der Waals surface area (Å²) in [5.74, 6) is 0.667. The maximum absolute atomic E-state index is 13.3. The topological polar surface area (TPSA) is 44.5 Å². The second kappa shape index (κ2) is 7.52. The molecule has 3 nitrogen and oxygen atoms in total. The molecule has 0 bridgehead atoms. The van der Waals surface area contributed by atoms with Crippen LogP contribution in [0, 0.1) is 5.82 Å². The minimum atomic E-state index is -0.506. The van der Waals surface area contributed by atoms with Gasteiger partial charge in [0.15, 0.2) is 0 Å². The highest BCUT2D eigenvalue weighted by atomic mass is 79.9. The number of nitrogens with two attached hydrogens (primary N) is 1. The highest BCUT2D eigenvalue weighted by Crippen LogP contribution is 2.30. The number of ether oxygens (including phenoxy) is 2. The molecule has 2 aromatic rings. The Bertz CT molecular complexity index is 607. The van der Waals surface area contributed by atoms with E-state index in [1.54, 1.807) is 24.3 Å². The standard InChI is InChI=1S/C15H14BrClFNO2/c16-12-8-13(17)14(18)9-15(12)21-7-1-6-20-11-4-2-10(19)3-5-11/h2-5,8-9H,1,6-7,19H2. The molecule has 0 heterocycles. The molecule has 2 aromatic carbocycles. The van der Waals surface area contributed by atoms with Crippen LogP contribution in [0.25, 0.3) is 0 Å². The first-order valence-corrected chi connectivity index (χ1v) is 7.49. The van der Waals surface area contributed by atoms with Crippen LogP contribution < -0.4 is 15.2 Å². The van der Waals surface area contributed by atoms with E-state index >= 15 is 0 Å². The Balaban J connectivity index is 1.75. The van der Waals surface area contributed by atoms with Crippen molar-refractivity contribution in [2.24, 2.45) is 0 Å². The summed E-state index contributed by atoms with van der Waals surface area (Å²) in [4.78, 5) is 0. The molecule has 0 saturated carbocycles. The van der Waals surface area contributed by atoms with Crippen LogP contribution in [-0.2, 0) is 0 Å². The van der Waals surface area contributed by atoms with Gasteiger partial charge >= 0.3 is 0 Å². The molecule has 0 atom stereocenters. The van der Waals surface area contributed by atoms with Crippen molar-refractivity contribution in [3.63, 3.8) is 0 Å². The summed E-state index contributed by atoms with van der Waals surface area (Å²) in [5.41, 5.74) is 6.28. The van der Waals surface area contributed by atoms with E-state index in [0.29, 0.717) is 35.5 Å².